The molecule has 0 amide bonds. The zero-order valence-electron chi connectivity index (χ0n) is 11.5. The standard InChI is InChI=1S/C14H25N3/c1-12(2)17(4)10-6-9-16-13(3)14-7-5-8-15-11-14/h5,7-8,11-13,16H,6,9-10H2,1-4H3. The van der Waals surface area contributed by atoms with Crippen molar-refractivity contribution < 1.29 is 0 Å². The van der Waals surface area contributed by atoms with Crippen LogP contribution in [0.15, 0.2) is 24.5 Å². The Labute approximate surface area is 105 Å². The van der Waals surface area contributed by atoms with Crippen molar-refractivity contribution in [3.8, 4) is 0 Å². The highest BCUT2D eigenvalue weighted by Gasteiger charge is 2.05. The van der Waals surface area contributed by atoms with Crippen LogP contribution in [-0.2, 0) is 0 Å². The normalized spacial score (nSPS) is 13.3. The summed E-state index contributed by atoms with van der Waals surface area (Å²) < 4.78 is 0. The molecule has 0 radical (unpaired) electrons. The van der Waals surface area contributed by atoms with Crippen LogP contribution in [-0.4, -0.2) is 36.1 Å². The summed E-state index contributed by atoms with van der Waals surface area (Å²) in [5, 5.41) is 3.53. The predicted molar refractivity (Wildman–Crippen MR) is 73.0 cm³/mol. The molecule has 0 aliphatic rings. The molecule has 0 bridgehead atoms. The molecule has 1 rings (SSSR count). The van der Waals surface area contributed by atoms with Gasteiger partial charge in [-0.25, -0.2) is 0 Å². The van der Waals surface area contributed by atoms with E-state index in [2.05, 4.69) is 49.1 Å². The molecule has 0 saturated carbocycles. The summed E-state index contributed by atoms with van der Waals surface area (Å²) in [7, 11) is 2.18. The van der Waals surface area contributed by atoms with E-state index in [1.807, 2.05) is 18.5 Å². The number of nitrogens with one attached hydrogen (secondary N) is 1. The SMILES string of the molecule is CC(NCCCN(C)C(C)C)c1cccnc1. The second kappa shape index (κ2) is 7.41. The predicted octanol–water partition coefficient (Wildman–Crippen LogP) is 2.46. The van der Waals surface area contributed by atoms with Gasteiger partial charge in [-0.05, 0) is 59.0 Å². The molecule has 0 aromatic carbocycles. The number of hydrogen-bond donors (Lipinski definition) is 1. The lowest BCUT2D eigenvalue weighted by Gasteiger charge is -2.21. The van der Waals surface area contributed by atoms with Crippen LogP contribution in [0.5, 0.6) is 0 Å². The van der Waals surface area contributed by atoms with Crippen molar-refractivity contribution in [1.82, 2.24) is 15.2 Å². The fraction of sp³-hybridized carbons (Fsp3) is 0.643. The highest BCUT2D eigenvalue weighted by molar-refractivity contribution is 5.12. The summed E-state index contributed by atoms with van der Waals surface area (Å²) in [6.45, 7) is 8.83. The van der Waals surface area contributed by atoms with Crippen LogP contribution in [0.4, 0.5) is 0 Å². The Morgan fingerprint density at radius 3 is 2.71 bits per heavy atom. The average Bonchev–Trinajstić information content (AvgIpc) is 2.35. The highest BCUT2D eigenvalue weighted by atomic mass is 15.1. The second-order valence-electron chi connectivity index (χ2n) is 4.89. The van der Waals surface area contributed by atoms with Crippen LogP contribution in [0, 0.1) is 0 Å². The van der Waals surface area contributed by atoms with E-state index in [1.165, 1.54) is 12.0 Å². The van der Waals surface area contributed by atoms with Gasteiger partial charge in [0.2, 0.25) is 0 Å². The van der Waals surface area contributed by atoms with E-state index in [0.717, 1.165) is 13.1 Å². The van der Waals surface area contributed by atoms with E-state index >= 15 is 0 Å². The quantitative estimate of drug-likeness (QED) is 0.736. The zero-order valence-corrected chi connectivity index (χ0v) is 11.5. The Bertz CT molecular complexity index is 298. The molecule has 0 fully saturated rings. The molecule has 1 heterocycles. The van der Waals surface area contributed by atoms with Crippen molar-refractivity contribution in [2.45, 2.75) is 39.3 Å². The van der Waals surface area contributed by atoms with Crippen molar-refractivity contribution in [3.63, 3.8) is 0 Å². The van der Waals surface area contributed by atoms with Crippen LogP contribution in [0.3, 0.4) is 0 Å². The lowest BCUT2D eigenvalue weighted by Crippen LogP contribution is -2.30. The topological polar surface area (TPSA) is 28.2 Å². The van der Waals surface area contributed by atoms with E-state index < -0.39 is 0 Å². The summed E-state index contributed by atoms with van der Waals surface area (Å²) in [5.41, 5.74) is 1.25. The largest absolute Gasteiger partial charge is 0.310 e. The Kier molecular flexibility index (Phi) is 6.16. The molecule has 1 aromatic heterocycles. The van der Waals surface area contributed by atoms with Gasteiger partial charge in [0.15, 0.2) is 0 Å². The second-order valence-corrected chi connectivity index (χ2v) is 4.89. The van der Waals surface area contributed by atoms with Gasteiger partial charge in [0.05, 0.1) is 0 Å². The van der Waals surface area contributed by atoms with Crippen LogP contribution in [0.1, 0.15) is 38.8 Å². The van der Waals surface area contributed by atoms with Crippen LogP contribution >= 0.6 is 0 Å². The third-order valence-corrected chi connectivity index (χ3v) is 3.20. The van der Waals surface area contributed by atoms with Crippen molar-refractivity contribution in [3.05, 3.63) is 30.1 Å². The average molecular weight is 235 g/mol. The van der Waals surface area contributed by atoms with Crippen molar-refractivity contribution in [1.29, 1.82) is 0 Å². The van der Waals surface area contributed by atoms with Gasteiger partial charge in [0.1, 0.15) is 0 Å². The zero-order chi connectivity index (χ0) is 12.7. The van der Waals surface area contributed by atoms with Crippen molar-refractivity contribution in [2.75, 3.05) is 20.1 Å². The van der Waals surface area contributed by atoms with Crippen molar-refractivity contribution >= 4 is 0 Å². The molecular formula is C14H25N3. The van der Waals surface area contributed by atoms with Gasteiger partial charge in [0.25, 0.3) is 0 Å². The number of hydrogen-bond acceptors (Lipinski definition) is 3. The lowest BCUT2D eigenvalue weighted by molar-refractivity contribution is 0.268. The maximum Gasteiger partial charge on any atom is 0.0315 e. The molecule has 17 heavy (non-hydrogen) atoms. The Morgan fingerprint density at radius 1 is 1.35 bits per heavy atom. The van der Waals surface area contributed by atoms with Gasteiger partial charge in [-0.1, -0.05) is 6.07 Å². The molecule has 0 aliphatic heterocycles. The fourth-order valence-electron chi connectivity index (χ4n) is 1.66. The van der Waals surface area contributed by atoms with E-state index in [4.69, 9.17) is 0 Å². The molecule has 0 saturated heterocycles. The summed E-state index contributed by atoms with van der Waals surface area (Å²) in [4.78, 5) is 6.51. The maximum absolute atomic E-state index is 4.14. The molecule has 0 spiro atoms. The third-order valence-electron chi connectivity index (χ3n) is 3.20. The molecule has 1 unspecified atom stereocenters. The minimum absolute atomic E-state index is 0.382. The van der Waals surface area contributed by atoms with Crippen LogP contribution in [0.25, 0.3) is 0 Å². The smallest absolute Gasteiger partial charge is 0.0315 e. The number of pyridine rings is 1. The molecule has 1 atom stereocenters. The van der Waals surface area contributed by atoms with Crippen LogP contribution < -0.4 is 5.32 Å². The maximum atomic E-state index is 4.14. The molecule has 3 nitrogen and oxygen atoms in total. The summed E-state index contributed by atoms with van der Waals surface area (Å²) in [6, 6.07) is 5.11. The van der Waals surface area contributed by atoms with Crippen molar-refractivity contribution in [2.24, 2.45) is 0 Å². The number of nitrogens with zero attached hydrogens (tertiary/aromatic N) is 2. The minimum Gasteiger partial charge on any atom is -0.310 e. The van der Waals surface area contributed by atoms with Gasteiger partial charge in [0, 0.05) is 24.5 Å². The lowest BCUT2D eigenvalue weighted by atomic mass is 10.1. The number of rotatable bonds is 7. The molecule has 1 aromatic rings. The molecule has 0 aliphatic carbocycles. The van der Waals surface area contributed by atoms with Gasteiger partial charge in [-0.15, -0.1) is 0 Å². The summed E-state index contributed by atoms with van der Waals surface area (Å²) in [5.74, 6) is 0. The molecule has 1 N–H and O–H groups in total. The summed E-state index contributed by atoms with van der Waals surface area (Å²) >= 11 is 0. The van der Waals surface area contributed by atoms with Crippen LogP contribution in [0.2, 0.25) is 0 Å². The van der Waals surface area contributed by atoms with E-state index in [1.54, 1.807) is 0 Å². The van der Waals surface area contributed by atoms with Gasteiger partial charge >= 0.3 is 0 Å². The third kappa shape index (κ3) is 5.29. The first kappa shape index (κ1) is 14.1. The van der Waals surface area contributed by atoms with Gasteiger partial charge in [-0.2, -0.15) is 0 Å². The Morgan fingerprint density at radius 2 is 2.12 bits per heavy atom. The number of aromatic nitrogens is 1. The molecule has 3 heteroatoms. The molecular weight excluding hydrogens is 210 g/mol. The van der Waals surface area contributed by atoms with E-state index in [9.17, 15) is 0 Å². The highest BCUT2D eigenvalue weighted by Crippen LogP contribution is 2.09. The first-order chi connectivity index (χ1) is 8.11. The fourth-order valence-corrected chi connectivity index (χ4v) is 1.66. The first-order valence-electron chi connectivity index (χ1n) is 6.45. The first-order valence-corrected chi connectivity index (χ1v) is 6.45. The minimum atomic E-state index is 0.382. The van der Waals surface area contributed by atoms with Gasteiger partial charge < -0.3 is 10.2 Å². The molecule has 96 valence electrons. The Hall–Kier alpha value is -0.930. The summed E-state index contributed by atoms with van der Waals surface area (Å²) in [6.07, 6.45) is 4.92. The van der Waals surface area contributed by atoms with E-state index in [-0.39, 0.29) is 0 Å². The Balaban J connectivity index is 2.19. The van der Waals surface area contributed by atoms with E-state index in [0.29, 0.717) is 12.1 Å². The van der Waals surface area contributed by atoms with Gasteiger partial charge in [-0.3, -0.25) is 4.98 Å². The monoisotopic (exact) mass is 235 g/mol.